The second kappa shape index (κ2) is 6.09. The molecule has 1 heterocycles. The Bertz CT molecular complexity index is 258. The minimum atomic E-state index is 0.520. The van der Waals surface area contributed by atoms with Gasteiger partial charge in [-0.05, 0) is 5.75 Å². The molecule has 0 saturated carbocycles. The van der Waals surface area contributed by atoms with Crippen molar-refractivity contribution in [3.63, 3.8) is 0 Å². The van der Waals surface area contributed by atoms with Gasteiger partial charge < -0.3 is 10.3 Å². The van der Waals surface area contributed by atoms with E-state index in [1.165, 1.54) is 5.69 Å². The van der Waals surface area contributed by atoms with Gasteiger partial charge in [0.25, 0.3) is 0 Å². The van der Waals surface area contributed by atoms with Crippen LogP contribution >= 0.6 is 11.8 Å². The van der Waals surface area contributed by atoms with Crippen molar-refractivity contribution in [2.45, 2.75) is 39.1 Å². The summed E-state index contributed by atoms with van der Waals surface area (Å²) in [7, 11) is 0. The van der Waals surface area contributed by atoms with Crippen molar-refractivity contribution in [2.75, 3.05) is 5.75 Å². The highest BCUT2D eigenvalue weighted by Crippen LogP contribution is 2.08. The van der Waals surface area contributed by atoms with E-state index in [0.29, 0.717) is 6.04 Å². The highest BCUT2D eigenvalue weighted by Gasteiger charge is 2.00. The molecule has 0 fully saturated rings. The highest BCUT2D eigenvalue weighted by molar-refractivity contribution is 7.98. The molecule has 1 rings (SSSR count). The Kier molecular flexibility index (Phi) is 5.04. The molecule has 4 heteroatoms. The average molecular weight is 213 g/mol. The van der Waals surface area contributed by atoms with E-state index < -0.39 is 0 Å². The molecule has 1 aromatic heterocycles. The Hall–Kier alpha value is -0.480. The van der Waals surface area contributed by atoms with Gasteiger partial charge in [-0.2, -0.15) is 11.8 Å². The summed E-state index contributed by atoms with van der Waals surface area (Å²) in [6.45, 7) is 7.32. The van der Waals surface area contributed by atoms with Crippen LogP contribution in [0.25, 0.3) is 0 Å². The summed E-state index contributed by atoms with van der Waals surface area (Å²) in [6.07, 6.45) is 1.92. The van der Waals surface area contributed by atoms with Crippen LogP contribution < -0.4 is 5.32 Å². The van der Waals surface area contributed by atoms with Crippen molar-refractivity contribution in [1.29, 1.82) is 0 Å². The van der Waals surface area contributed by atoms with Gasteiger partial charge in [-0.15, -0.1) is 0 Å². The predicted molar refractivity (Wildman–Crippen MR) is 62.4 cm³/mol. The van der Waals surface area contributed by atoms with E-state index in [1.54, 1.807) is 0 Å². The molecule has 0 aromatic carbocycles. The van der Waals surface area contributed by atoms with E-state index in [-0.39, 0.29) is 0 Å². The first kappa shape index (κ1) is 11.6. The first-order valence-electron chi connectivity index (χ1n) is 5.06. The molecule has 0 radical (unpaired) electrons. The number of imidazole rings is 1. The topological polar surface area (TPSA) is 40.7 Å². The van der Waals surface area contributed by atoms with Crippen LogP contribution in [-0.4, -0.2) is 21.8 Å². The molecular weight excluding hydrogens is 194 g/mol. The molecule has 0 unspecified atom stereocenters. The largest absolute Gasteiger partial charge is 0.344 e. The zero-order valence-corrected chi connectivity index (χ0v) is 9.95. The Morgan fingerprint density at radius 1 is 1.57 bits per heavy atom. The van der Waals surface area contributed by atoms with E-state index in [2.05, 4.69) is 36.1 Å². The molecule has 80 valence electrons. The van der Waals surface area contributed by atoms with Crippen LogP contribution in [0.2, 0.25) is 0 Å². The molecule has 0 spiro atoms. The van der Waals surface area contributed by atoms with Crippen LogP contribution in [0.3, 0.4) is 0 Å². The lowest BCUT2D eigenvalue weighted by atomic mass is 10.4. The molecule has 14 heavy (non-hydrogen) atoms. The molecule has 3 nitrogen and oxygen atoms in total. The van der Waals surface area contributed by atoms with Gasteiger partial charge in [0.2, 0.25) is 0 Å². The lowest BCUT2D eigenvalue weighted by Gasteiger charge is -2.05. The number of hydrogen-bond donors (Lipinski definition) is 2. The molecule has 0 saturated heterocycles. The highest BCUT2D eigenvalue weighted by atomic mass is 32.2. The fourth-order valence-electron chi connectivity index (χ4n) is 1.08. The summed E-state index contributed by atoms with van der Waals surface area (Å²) in [5, 5.41) is 3.35. The summed E-state index contributed by atoms with van der Waals surface area (Å²) in [5.41, 5.74) is 1.17. The van der Waals surface area contributed by atoms with Crippen molar-refractivity contribution in [2.24, 2.45) is 0 Å². The van der Waals surface area contributed by atoms with E-state index in [1.807, 2.05) is 18.0 Å². The van der Waals surface area contributed by atoms with Crippen LogP contribution in [0, 0.1) is 0 Å². The van der Waals surface area contributed by atoms with E-state index in [0.717, 1.165) is 23.9 Å². The van der Waals surface area contributed by atoms with E-state index in [4.69, 9.17) is 0 Å². The van der Waals surface area contributed by atoms with Crippen molar-refractivity contribution in [3.8, 4) is 0 Å². The molecular formula is C10H19N3S. The summed E-state index contributed by atoms with van der Waals surface area (Å²) in [5.74, 6) is 3.20. The maximum atomic E-state index is 4.32. The van der Waals surface area contributed by atoms with Crippen LogP contribution in [-0.2, 0) is 12.3 Å². The Morgan fingerprint density at radius 2 is 2.36 bits per heavy atom. The second-order valence-electron chi connectivity index (χ2n) is 3.53. The number of hydrogen-bond acceptors (Lipinski definition) is 3. The first-order valence-corrected chi connectivity index (χ1v) is 6.21. The molecule has 0 bridgehead atoms. The van der Waals surface area contributed by atoms with E-state index >= 15 is 0 Å². The van der Waals surface area contributed by atoms with Crippen molar-refractivity contribution in [1.82, 2.24) is 15.3 Å². The van der Waals surface area contributed by atoms with Crippen LogP contribution in [0.15, 0.2) is 6.20 Å². The SMILES string of the molecule is CCSCc1ncc(CNC(C)C)[nH]1. The summed E-state index contributed by atoms with van der Waals surface area (Å²) < 4.78 is 0. The average Bonchev–Trinajstić information content (AvgIpc) is 2.59. The fourth-order valence-corrected chi connectivity index (χ4v) is 1.63. The third-order valence-corrected chi connectivity index (χ3v) is 2.71. The monoisotopic (exact) mass is 213 g/mol. The number of thioether (sulfide) groups is 1. The van der Waals surface area contributed by atoms with Gasteiger partial charge in [0.15, 0.2) is 0 Å². The van der Waals surface area contributed by atoms with Crippen molar-refractivity contribution >= 4 is 11.8 Å². The van der Waals surface area contributed by atoms with Crippen molar-refractivity contribution in [3.05, 3.63) is 17.7 Å². The Labute approximate surface area is 90.1 Å². The number of aromatic amines is 1. The summed E-state index contributed by atoms with van der Waals surface area (Å²) >= 11 is 1.88. The lowest BCUT2D eigenvalue weighted by Crippen LogP contribution is -2.21. The quantitative estimate of drug-likeness (QED) is 0.761. The second-order valence-corrected chi connectivity index (χ2v) is 4.80. The number of H-pyrrole nitrogens is 1. The van der Waals surface area contributed by atoms with E-state index in [9.17, 15) is 0 Å². The van der Waals surface area contributed by atoms with Gasteiger partial charge in [0, 0.05) is 24.5 Å². The van der Waals surface area contributed by atoms with Gasteiger partial charge in [-0.25, -0.2) is 4.98 Å². The Balaban J connectivity index is 2.35. The maximum absolute atomic E-state index is 4.32. The summed E-state index contributed by atoms with van der Waals surface area (Å²) in [6, 6.07) is 0.520. The summed E-state index contributed by atoms with van der Waals surface area (Å²) in [4.78, 5) is 7.62. The molecule has 0 aliphatic carbocycles. The lowest BCUT2D eigenvalue weighted by molar-refractivity contribution is 0.582. The zero-order chi connectivity index (χ0) is 10.4. The number of nitrogens with zero attached hydrogens (tertiary/aromatic N) is 1. The molecule has 0 aliphatic rings. The van der Waals surface area contributed by atoms with Gasteiger partial charge in [-0.3, -0.25) is 0 Å². The molecule has 0 amide bonds. The van der Waals surface area contributed by atoms with Gasteiger partial charge in [0.05, 0.1) is 5.75 Å². The number of nitrogens with one attached hydrogen (secondary N) is 2. The minimum Gasteiger partial charge on any atom is -0.344 e. The smallest absolute Gasteiger partial charge is 0.116 e. The third-order valence-electron chi connectivity index (χ3n) is 1.82. The maximum Gasteiger partial charge on any atom is 0.116 e. The van der Waals surface area contributed by atoms with Crippen LogP contribution in [0.4, 0.5) is 0 Å². The molecule has 0 atom stereocenters. The van der Waals surface area contributed by atoms with Crippen LogP contribution in [0.1, 0.15) is 32.3 Å². The minimum absolute atomic E-state index is 0.520. The number of aromatic nitrogens is 2. The normalized spacial score (nSPS) is 11.1. The number of rotatable bonds is 6. The van der Waals surface area contributed by atoms with Crippen molar-refractivity contribution < 1.29 is 0 Å². The Morgan fingerprint density at radius 3 is 3.00 bits per heavy atom. The molecule has 0 aliphatic heterocycles. The predicted octanol–water partition coefficient (Wildman–Crippen LogP) is 2.16. The molecule has 1 aromatic rings. The third kappa shape index (κ3) is 4.15. The van der Waals surface area contributed by atoms with Gasteiger partial charge >= 0.3 is 0 Å². The van der Waals surface area contributed by atoms with Gasteiger partial charge in [0.1, 0.15) is 5.82 Å². The molecule has 2 N–H and O–H groups in total. The first-order chi connectivity index (χ1) is 6.72. The standard InChI is InChI=1S/C10H19N3S/c1-4-14-7-10-12-6-9(13-10)5-11-8(2)3/h6,8,11H,4-5,7H2,1-3H3,(H,12,13). The van der Waals surface area contributed by atoms with Gasteiger partial charge in [-0.1, -0.05) is 20.8 Å². The zero-order valence-electron chi connectivity index (χ0n) is 9.13. The van der Waals surface area contributed by atoms with Crippen LogP contribution in [0.5, 0.6) is 0 Å². The fraction of sp³-hybridized carbons (Fsp3) is 0.700.